The second-order valence-corrected chi connectivity index (χ2v) is 11.5. The van der Waals surface area contributed by atoms with Crippen molar-refractivity contribution in [3.8, 4) is 12.1 Å². The highest BCUT2D eigenvalue weighted by Gasteiger charge is 2.38. The first-order chi connectivity index (χ1) is 20.5. The fourth-order valence-corrected chi connectivity index (χ4v) is 6.34. The van der Waals surface area contributed by atoms with Crippen molar-refractivity contribution in [1.82, 2.24) is 24.7 Å². The van der Waals surface area contributed by atoms with Gasteiger partial charge in [0.05, 0.1) is 30.8 Å². The van der Waals surface area contributed by atoms with Crippen LogP contribution in [0.4, 0.5) is 15.4 Å². The molecule has 1 N–H and O–H groups in total. The van der Waals surface area contributed by atoms with E-state index in [1.807, 2.05) is 30.3 Å². The summed E-state index contributed by atoms with van der Waals surface area (Å²) in [6.07, 6.45) is 3.95. The maximum Gasteiger partial charge on any atom is 0.410 e. The molecular formula is C30H37N7O5. The second kappa shape index (κ2) is 12.4. The third-order valence-electron chi connectivity index (χ3n) is 8.69. The molecule has 2 saturated heterocycles. The van der Waals surface area contributed by atoms with E-state index < -0.39 is 12.2 Å². The van der Waals surface area contributed by atoms with Crippen LogP contribution in [0.3, 0.4) is 0 Å². The minimum absolute atomic E-state index is 0.152. The predicted octanol–water partition coefficient (Wildman–Crippen LogP) is 3.26. The Balaban J connectivity index is 1.19. The van der Waals surface area contributed by atoms with Crippen LogP contribution >= 0.6 is 0 Å². The summed E-state index contributed by atoms with van der Waals surface area (Å²) in [6.45, 7) is 3.54. The summed E-state index contributed by atoms with van der Waals surface area (Å²) in [6, 6.07) is 12.6. The molecule has 0 radical (unpaired) electrons. The maximum atomic E-state index is 13.0. The van der Waals surface area contributed by atoms with Crippen molar-refractivity contribution in [2.45, 2.75) is 69.8 Å². The molecule has 1 saturated carbocycles. The number of hydrogen-bond acceptors (Lipinski definition) is 9. The number of anilines is 1. The standard InChI is InChI=1S/C30H37N7O5/c31-12-10-23-17-34(15-16-37(23)30(40)42-19-21-5-2-1-3-6-21)27-25-11-14-35(29(38)39)18-26(25)32-28(33-27)41-20-24-7-4-13-36(24)22-8-9-22/h1-3,5-6,22-24H,4,7-11,13-20H2,(H,38,39). The van der Waals surface area contributed by atoms with E-state index in [1.165, 1.54) is 17.7 Å². The highest BCUT2D eigenvalue weighted by atomic mass is 16.6. The molecule has 0 bridgehead atoms. The van der Waals surface area contributed by atoms with Gasteiger partial charge in [0.1, 0.15) is 19.0 Å². The first-order valence-corrected chi connectivity index (χ1v) is 14.9. The molecule has 2 aromatic rings. The van der Waals surface area contributed by atoms with Gasteiger partial charge < -0.3 is 29.3 Å². The molecule has 1 aromatic carbocycles. The Kier molecular flexibility index (Phi) is 8.28. The molecule has 4 aliphatic rings. The van der Waals surface area contributed by atoms with Gasteiger partial charge in [-0.2, -0.15) is 15.2 Å². The summed E-state index contributed by atoms with van der Waals surface area (Å²) in [7, 11) is 0. The molecule has 2 unspecified atom stereocenters. The van der Waals surface area contributed by atoms with Crippen LogP contribution in [-0.4, -0.2) is 99.4 Å². The number of aromatic nitrogens is 2. The average molecular weight is 576 g/mol. The van der Waals surface area contributed by atoms with Crippen LogP contribution in [0.15, 0.2) is 30.3 Å². The molecule has 4 heterocycles. The van der Waals surface area contributed by atoms with E-state index in [0.29, 0.717) is 62.8 Å². The number of carbonyl (C=O) groups is 2. The molecule has 42 heavy (non-hydrogen) atoms. The molecule has 12 heteroatoms. The molecular weight excluding hydrogens is 538 g/mol. The summed E-state index contributed by atoms with van der Waals surface area (Å²) in [4.78, 5) is 41.9. The molecule has 1 aliphatic carbocycles. The number of amides is 2. The normalized spacial score (nSPS) is 22.4. The zero-order valence-electron chi connectivity index (χ0n) is 23.7. The van der Waals surface area contributed by atoms with Gasteiger partial charge in [0.25, 0.3) is 0 Å². The Morgan fingerprint density at radius 1 is 1.05 bits per heavy atom. The summed E-state index contributed by atoms with van der Waals surface area (Å²) < 4.78 is 11.8. The maximum absolute atomic E-state index is 13.0. The number of ether oxygens (including phenoxy) is 2. The van der Waals surface area contributed by atoms with Gasteiger partial charge in [-0.1, -0.05) is 30.3 Å². The van der Waals surface area contributed by atoms with E-state index in [1.54, 1.807) is 4.90 Å². The average Bonchev–Trinajstić information content (AvgIpc) is 3.75. The number of carboxylic acid groups (broad SMARTS) is 1. The number of likely N-dealkylation sites (tertiary alicyclic amines) is 1. The molecule has 222 valence electrons. The van der Waals surface area contributed by atoms with E-state index in [2.05, 4.69) is 20.9 Å². The largest absolute Gasteiger partial charge is 0.465 e. The number of piperazine rings is 1. The molecule has 0 spiro atoms. The Bertz CT molecular complexity index is 1330. The highest BCUT2D eigenvalue weighted by molar-refractivity contribution is 5.69. The summed E-state index contributed by atoms with van der Waals surface area (Å²) in [5, 5.41) is 19.2. The summed E-state index contributed by atoms with van der Waals surface area (Å²) >= 11 is 0. The van der Waals surface area contributed by atoms with Gasteiger partial charge >= 0.3 is 18.2 Å². The van der Waals surface area contributed by atoms with Crippen LogP contribution in [0.2, 0.25) is 0 Å². The monoisotopic (exact) mass is 575 g/mol. The van der Waals surface area contributed by atoms with E-state index in [9.17, 15) is 20.0 Å². The number of nitrogens with zero attached hydrogens (tertiary/aromatic N) is 7. The fraction of sp³-hybridized carbons (Fsp3) is 0.567. The second-order valence-electron chi connectivity index (χ2n) is 11.5. The summed E-state index contributed by atoms with van der Waals surface area (Å²) in [5.74, 6) is 0.700. The smallest absolute Gasteiger partial charge is 0.410 e. The SMILES string of the molecule is N#CCC1CN(c2nc(OCC3CCCN3C3CC3)nc3c2CCN(C(=O)O)C3)CCN1C(=O)OCc1ccccc1. The van der Waals surface area contributed by atoms with E-state index in [-0.39, 0.29) is 31.6 Å². The topological polar surface area (TPSA) is 135 Å². The van der Waals surface area contributed by atoms with Crippen molar-refractivity contribution in [3.63, 3.8) is 0 Å². The van der Waals surface area contributed by atoms with Gasteiger partial charge in [-0.25, -0.2) is 9.59 Å². The van der Waals surface area contributed by atoms with Gasteiger partial charge in [-0.15, -0.1) is 0 Å². The lowest BCUT2D eigenvalue weighted by atomic mass is 10.0. The third-order valence-corrected chi connectivity index (χ3v) is 8.69. The van der Waals surface area contributed by atoms with Crippen molar-refractivity contribution < 1.29 is 24.2 Å². The lowest BCUT2D eigenvalue weighted by molar-refractivity contribution is 0.0767. The van der Waals surface area contributed by atoms with Crippen molar-refractivity contribution >= 4 is 18.0 Å². The van der Waals surface area contributed by atoms with Gasteiger partial charge in [0.2, 0.25) is 0 Å². The first kappa shape index (κ1) is 28.0. The number of hydrogen-bond donors (Lipinski definition) is 1. The molecule has 3 aliphatic heterocycles. The number of benzene rings is 1. The Morgan fingerprint density at radius 2 is 1.88 bits per heavy atom. The minimum Gasteiger partial charge on any atom is -0.465 e. The number of carbonyl (C=O) groups excluding carboxylic acids is 1. The lowest BCUT2D eigenvalue weighted by Crippen LogP contribution is -2.55. The van der Waals surface area contributed by atoms with Crippen molar-refractivity contribution in [1.29, 1.82) is 5.26 Å². The molecule has 6 rings (SSSR count). The van der Waals surface area contributed by atoms with Crippen LogP contribution in [-0.2, 0) is 24.3 Å². The lowest BCUT2D eigenvalue weighted by Gasteiger charge is -2.41. The zero-order chi connectivity index (χ0) is 29.1. The van der Waals surface area contributed by atoms with Gasteiger partial charge in [0, 0.05) is 43.8 Å². The van der Waals surface area contributed by atoms with E-state index in [0.717, 1.165) is 30.5 Å². The zero-order valence-corrected chi connectivity index (χ0v) is 23.7. The van der Waals surface area contributed by atoms with E-state index in [4.69, 9.17) is 14.5 Å². The van der Waals surface area contributed by atoms with Crippen molar-refractivity contribution in [3.05, 3.63) is 47.2 Å². The molecule has 2 amide bonds. The molecule has 1 aromatic heterocycles. The van der Waals surface area contributed by atoms with E-state index >= 15 is 0 Å². The Morgan fingerprint density at radius 3 is 2.64 bits per heavy atom. The number of nitriles is 1. The Hall–Kier alpha value is -4.11. The molecule has 3 fully saturated rings. The van der Waals surface area contributed by atoms with Crippen molar-refractivity contribution in [2.75, 3.05) is 44.2 Å². The predicted molar refractivity (Wildman–Crippen MR) is 152 cm³/mol. The van der Waals surface area contributed by atoms with Crippen LogP contribution < -0.4 is 9.64 Å². The number of rotatable bonds is 8. The minimum atomic E-state index is -0.981. The number of fused-ring (bicyclic) bond motifs is 1. The molecule has 2 atom stereocenters. The van der Waals surface area contributed by atoms with Crippen molar-refractivity contribution in [2.24, 2.45) is 0 Å². The van der Waals surface area contributed by atoms with Crippen LogP contribution in [0.1, 0.15) is 48.9 Å². The quantitative estimate of drug-likeness (QED) is 0.500. The fourth-order valence-electron chi connectivity index (χ4n) is 6.34. The Labute approximate surface area is 245 Å². The van der Waals surface area contributed by atoms with Gasteiger partial charge in [-0.3, -0.25) is 4.90 Å². The van der Waals surface area contributed by atoms with Crippen LogP contribution in [0.25, 0.3) is 0 Å². The third kappa shape index (κ3) is 6.21. The van der Waals surface area contributed by atoms with Crippen LogP contribution in [0, 0.1) is 11.3 Å². The van der Waals surface area contributed by atoms with Gasteiger partial charge in [-0.05, 0) is 44.2 Å². The summed E-state index contributed by atoms with van der Waals surface area (Å²) in [5.41, 5.74) is 2.45. The highest BCUT2D eigenvalue weighted by Crippen LogP contribution is 2.34. The van der Waals surface area contributed by atoms with Crippen LogP contribution in [0.5, 0.6) is 6.01 Å². The van der Waals surface area contributed by atoms with Gasteiger partial charge in [0.15, 0.2) is 0 Å². The molecule has 12 nitrogen and oxygen atoms in total. The first-order valence-electron chi connectivity index (χ1n) is 14.9.